The Morgan fingerprint density at radius 2 is 2.16 bits per heavy atom. The third-order valence-electron chi connectivity index (χ3n) is 2.98. The van der Waals surface area contributed by atoms with Crippen molar-refractivity contribution in [3.05, 3.63) is 23.4 Å². The van der Waals surface area contributed by atoms with Crippen LogP contribution in [0.1, 0.15) is 25.0 Å². The number of aromatic nitrogens is 1. The maximum absolute atomic E-state index is 5.09. The van der Waals surface area contributed by atoms with E-state index in [-0.39, 0.29) is 0 Å². The molecular weight excluding hydrogens is 238 g/mol. The van der Waals surface area contributed by atoms with Crippen molar-refractivity contribution in [2.24, 2.45) is 5.92 Å². The van der Waals surface area contributed by atoms with Crippen LogP contribution in [-0.2, 0) is 11.3 Å². The van der Waals surface area contributed by atoms with Gasteiger partial charge in [0.25, 0.3) is 0 Å². The van der Waals surface area contributed by atoms with Gasteiger partial charge in [-0.2, -0.15) is 0 Å². The predicted octanol–water partition coefficient (Wildman–Crippen LogP) is 2.22. The molecule has 4 nitrogen and oxygen atoms in total. The van der Waals surface area contributed by atoms with E-state index >= 15 is 0 Å². The lowest BCUT2D eigenvalue weighted by Gasteiger charge is -2.20. The van der Waals surface area contributed by atoms with Gasteiger partial charge in [0, 0.05) is 33.4 Å². The number of rotatable bonds is 8. The summed E-state index contributed by atoms with van der Waals surface area (Å²) in [5.41, 5.74) is 2.45. The van der Waals surface area contributed by atoms with Crippen molar-refractivity contribution >= 4 is 5.82 Å². The van der Waals surface area contributed by atoms with E-state index in [0.29, 0.717) is 5.92 Å². The summed E-state index contributed by atoms with van der Waals surface area (Å²) in [6, 6.07) is 2.21. The second-order valence-corrected chi connectivity index (χ2v) is 5.42. The summed E-state index contributed by atoms with van der Waals surface area (Å²) in [6.45, 7) is 10.0. The van der Waals surface area contributed by atoms with Crippen LogP contribution in [0.2, 0.25) is 0 Å². The van der Waals surface area contributed by atoms with E-state index in [9.17, 15) is 0 Å². The third-order valence-corrected chi connectivity index (χ3v) is 2.98. The maximum atomic E-state index is 5.09. The molecular formula is C15H27N3O. The Morgan fingerprint density at radius 1 is 1.42 bits per heavy atom. The predicted molar refractivity (Wildman–Crippen MR) is 80.7 cm³/mol. The number of nitrogens with zero attached hydrogens (tertiary/aromatic N) is 2. The van der Waals surface area contributed by atoms with Crippen LogP contribution in [-0.4, -0.2) is 38.8 Å². The zero-order valence-corrected chi connectivity index (χ0v) is 12.9. The molecule has 0 fully saturated rings. The fourth-order valence-electron chi connectivity index (χ4n) is 1.96. The molecule has 0 saturated carbocycles. The van der Waals surface area contributed by atoms with Crippen LogP contribution in [0.4, 0.5) is 5.82 Å². The van der Waals surface area contributed by atoms with Gasteiger partial charge in [0.2, 0.25) is 0 Å². The van der Waals surface area contributed by atoms with Crippen LogP contribution in [0, 0.1) is 12.8 Å². The van der Waals surface area contributed by atoms with E-state index in [2.05, 4.69) is 42.0 Å². The Balaban J connectivity index is 2.58. The Kier molecular flexibility index (Phi) is 6.81. The van der Waals surface area contributed by atoms with Gasteiger partial charge in [-0.15, -0.1) is 0 Å². The van der Waals surface area contributed by atoms with Crippen LogP contribution in [0.15, 0.2) is 12.3 Å². The summed E-state index contributed by atoms with van der Waals surface area (Å²) in [7, 11) is 3.77. The molecule has 0 bridgehead atoms. The van der Waals surface area contributed by atoms with Crippen molar-refractivity contribution in [1.82, 2.24) is 10.3 Å². The molecule has 108 valence electrons. The van der Waals surface area contributed by atoms with E-state index in [1.54, 1.807) is 7.11 Å². The molecule has 19 heavy (non-hydrogen) atoms. The number of methoxy groups -OCH3 is 1. The number of hydrogen-bond acceptors (Lipinski definition) is 4. The first kappa shape index (κ1) is 15.9. The smallest absolute Gasteiger partial charge is 0.131 e. The Bertz CT molecular complexity index is 380. The third kappa shape index (κ3) is 5.57. The van der Waals surface area contributed by atoms with Gasteiger partial charge in [-0.25, -0.2) is 4.98 Å². The lowest BCUT2D eigenvalue weighted by atomic mass is 10.2. The van der Waals surface area contributed by atoms with Gasteiger partial charge >= 0.3 is 0 Å². The first-order valence-corrected chi connectivity index (χ1v) is 6.91. The van der Waals surface area contributed by atoms with Crippen LogP contribution < -0.4 is 10.2 Å². The summed E-state index contributed by atoms with van der Waals surface area (Å²) in [5, 5.41) is 3.44. The Labute approximate surface area is 117 Å². The van der Waals surface area contributed by atoms with Crippen molar-refractivity contribution < 1.29 is 4.74 Å². The van der Waals surface area contributed by atoms with Gasteiger partial charge in [-0.05, 0) is 36.6 Å². The largest absolute Gasteiger partial charge is 0.383 e. The van der Waals surface area contributed by atoms with Gasteiger partial charge in [0.15, 0.2) is 0 Å². The summed E-state index contributed by atoms with van der Waals surface area (Å²) in [5.74, 6) is 1.71. The fourth-order valence-corrected chi connectivity index (χ4v) is 1.96. The molecule has 0 aliphatic carbocycles. The van der Waals surface area contributed by atoms with Crippen LogP contribution in [0.3, 0.4) is 0 Å². The number of anilines is 1. The van der Waals surface area contributed by atoms with Gasteiger partial charge in [0.1, 0.15) is 5.82 Å². The molecule has 4 heteroatoms. The SMILES string of the molecule is COCCN(C)c1ncc(CNCC(C)C)cc1C. The van der Waals surface area contributed by atoms with Gasteiger partial charge in [0.05, 0.1) is 6.61 Å². The minimum atomic E-state index is 0.675. The minimum absolute atomic E-state index is 0.675. The summed E-state index contributed by atoms with van der Waals surface area (Å²) in [6.07, 6.45) is 1.96. The second kappa shape index (κ2) is 8.12. The molecule has 0 aliphatic rings. The van der Waals surface area contributed by atoms with Gasteiger partial charge < -0.3 is 15.0 Å². The van der Waals surface area contributed by atoms with Crippen molar-refractivity contribution in [1.29, 1.82) is 0 Å². The summed E-state index contributed by atoms with van der Waals surface area (Å²) >= 11 is 0. The average Bonchev–Trinajstić information content (AvgIpc) is 2.35. The molecule has 1 N–H and O–H groups in total. The Morgan fingerprint density at radius 3 is 2.74 bits per heavy atom. The molecule has 0 aromatic carbocycles. The van der Waals surface area contributed by atoms with Crippen molar-refractivity contribution in [2.45, 2.75) is 27.3 Å². The quantitative estimate of drug-likeness (QED) is 0.782. The molecule has 1 aromatic rings. The van der Waals surface area contributed by atoms with E-state index in [1.807, 2.05) is 13.2 Å². The maximum Gasteiger partial charge on any atom is 0.131 e. The zero-order chi connectivity index (χ0) is 14.3. The number of likely N-dealkylation sites (N-methyl/N-ethyl adjacent to an activating group) is 1. The molecule has 1 rings (SSSR count). The number of nitrogens with one attached hydrogen (secondary N) is 1. The van der Waals surface area contributed by atoms with Crippen LogP contribution >= 0.6 is 0 Å². The molecule has 0 atom stereocenters. The Hall–Kier alpha value is -1.13. The highest BCUT2D eigenvalue weighted by molar-refractivity contribution is 5.46. The highest BCUT2D eigenvalue weighted by atomic mass is 16.5. The summed E-state index contributed by atoms with van der Waals surface area (Å²) < 4.78 is 5.09. The highest BCUT2D eigenvalue weighted by Crippen LogP contribution is 2.16. The molecule has 0 saturated heterocycles. The monoisotopic (exact) mass is 265 g/mol. The number of pyridine rings is 1. The molecule has 0 unspecified atom stereocenters. The van der Waals surface area contributed by atoms with Crippen LogP contribution in [0.5, 0.6) is 0 Å². The highest BCUT2D eigenvalue weighted by Gasteiger charge is 2.07. The lowest BCUT2D eigenvalue weighted by Crippen LogP contribution is -2.24. The minimum Gasteiger partial charge on any atom is -0.383 e. The molecule has 1 aromatic heterocycles. The van der Waals surface area contributed by atoms with Gasteiger partial charge in [-0.3, -0.25) is 0 Å². The second-order valence-electron chi connectivity index (χ2n) is 5.42. The van der Waals surface area contributed by atoms with E-state index < -0.39 is 0 Å². The lowest BCUT2D eigenvalue weighted by molar-refractivity contribution is 0.206. The van der Waals surface area contributed by atoms with Gasteiger partial charge in [-0.1, -0.05) is 13.8 Å². The van der Waals surface area contributed by atoms with Crippen molar-refractivity contribution in [3.63, 3.8) is 0 Å². The number of hydrogen-bond donors (Lipinski definition) is 1. The topological polar surface area (TPSA) is 37.4 Å². The fraction of sp³-hybridized carbons (Fsp3) is 0.667. The standard InChI is InChI=1S/C15H27N3O/c1-12(2)9-16-10-14-8-13(3)15(17-11-14)18(4)6-7-19-5/h8,11-12,16H,6-7,9-10H2,1-5H3. The summed E-state index contributed by atoms with van der Waals surface area (Å²) in [4.78, 5) is 6.69. The normalized spacial score (nSPS) is 11.1. The first-order valence-electron chi connectivity index (χ1n) is 6.91. The van der Waals surface area contributed by atoms with E-state index in [4.69, 9.17) is 4.74 Å². The number of aryl methyl sites for hydroxylation is 1. The van der Waals surface area contributed by atoms with Crippen molar-refractivity contribution in [2.75, 3.05) is 38.8 Å². The molecule has 0 spiro atoms. The number of ether oxygens (including phenoxy) is 1. The van der Waals surface area contributed by atoms with E-state index in [1.165, 1.54) is 11.1 Å². The molecule has 0 aliphatic heterocycles. The van der Waals surface area contributed by atoms with Crippen LogP contribution in [0.25, 0.3) is 0 Å². The molecule has 1 heterocycles. The molecule has 0 radical (unpaired) electrons. The first-order chi connectivity index (χ1) is 9.04. The van der Waals surface area contributed by atoms with E-state index in [0.717, 1.165) is 32.1 Å². The van der Waals surface area contributed by atoms with Crippen molar-refractivity contribution in [3.8, 4) is 0 Å². The zero-order valence-electron chi connectivity index (χ0n) is 12.9. The molecule has 0 amide bonds. The average molecular weight is 265 g/mol.